The molecule has 0 unspecified atom stereocenters. The molecule has 2 rings (SSSR count). The summed E-state index contributed by atoms with van der Waals surface area (Å²) in [4.78, 5) is 13.8. The molecule has 0 atom stereocenters. The lowest BCUT2D eigenvalue weighted by Crippen LogP contribution is -2.21. The molecule has 1 N–H and O–H groups in total. The maximum atomic E-state index is 11.9. The summed E-state index contributed by atoms with van der Waals surface area (Å²) in [5.74, 6) is -0.0185. The van der Waals surface area contributed by atoms with E-state index in [1.54, 1.807) is 10.9 Å². The number of hydrogen-bond donors (Lipinski definition) is 1. The molecule has 1 amide bonds. The Kier molecular flexibility index (Phi) is 3.28. The molecular weight excluding hydrogens is 234 g/mol. The first-order valence-corrected chi connectivity index (χ1v) is 6.20. The predicted molar refractivity (Wildman–Crippen MR) is 68.2 cm³/mol. The quantitative estimate of drug-likeness (QED) is 0.904. The third-order valence-corrected chi connectivity index (χ3v) is 3.75. The minimum Gasteiger partial charge on any atom is -0.347 e. The molecule has 4 nitrogen and oxygen atoms in total. The number of carbonyl (C=O) groups is 1. The highest BCUT2D eigenvalue weighted by Gasteiger charge is 2.10. The summed E-state index contributed by atoms with van der Waals surface area (Å²) in [6, 6.07) is 1.93. The minimum absolute atomic E-state index is 0.0185. The smallest absolute Gasteiger partial charge is 0.261 e. The summed E-state index contributed by atoms with van der Waals surface area (Å²) in [5, 5.41) is 6.94. The van der Waals surface area contributed by atoms with Crippen LogP contribution in [0, 0.1) is 13.8 Å². The Morgan fingerprint density at radius 3 is 2.82 bits per heavy atom. The lowest BCUT2D eigenvalue weighted by Gasteiger charge is -2.00. The SMILES string of the molecule is Cc1cc(C(=O)NCc2cnn(C)c2)sc1C. The number of amides is 1. The van der Waals surface area contributed by atoms with Gasteiger partial charge in [-0.25, -0.2) is 0 Å². The number of aromatic nitrogens is 2. The first-order valence-electron chi connectivity index (χ1n) is 5.39. The third kappa shape index (κ3) is 2.74. The van der Waals surface area contributed by atoms with Crippen molar-refractivity contribution >= 4 is 17.2 Å². The van der Waals surface area contributed by atoms with Crippen molar-refractivity contribution in [3.8, 4) is 0 Å². The maximum Gasteiger partial charge on any atom is 0.261 e. The van der Waals surface area contributed by atoms with E-state index in [4.69, 9.17) is 0 Å². The van der Waals surface area contributed by atoms with Crippen molar-refractivity contribution in [3.63, 3.8) is 0 Å². The van der Waals surface area contributed by atoms with Crippen LogP contribution in [0.2, 0.25) is 0 Å². The van der Waals surface area contributed by atoms with Crippen LogP contribution >= 0.6 is 11.3 Å². The fraction of sp³-hybridized carbons (Fsp3) is 0.333. The van der Waals surface area contributed by atoms with Gasteiger partial charge in [0.15, 0.2) is 0 Å². The zero-order valence-electron chi connectivity index (χ0n) is 10.2. The Balaban J connectivity index is 1.98. The second-order valence-electron chi connectivity index (χ2n) is 4.05. The van der Waals surface area contributed by atoms with E-state index in [0.717, 1.165) is 10.4 Å². The van der Waals surface area contributed by atoms with E-state index in [1.807, 2.05) is 33.2 Å². The molecule has 0 aliphatic carbocycles. The van der Waals surface area contributed by atoms with E-state index < -0.39 is 0 Å². The van der Waals surface area contributed by atoms with Crippen molar-refractivity contribution in [3.05, 3.63) is 39.3 Å². The third-order valence-electron chi connectivity index (χ3n) is 2.60. The monoisotopic (exact) mass is 249 g/mol. The zero-order chi connectivity index (χ0) is 12.4. The van der Waals surface area contributed by atoms with Gasteiger partial charge in [-0.1, -0.05) is 0 Å². The van der Waals surface area contributed by atoms with E-state index in [-0.39, 0.29) is 5.91 Å². The van der Waals surface area contributed by atoms with Crippen molar-refractivity contribution in [2.45, 2.75) is 20.4 Å². The fourth-order valence-electron chi connectivity index (χ4n) is 1.52. The van der Waals surface area contributed by atoms with Crippen LogP contribution in [0.5, 0.6) is 0 Å². The highest BCUT2D eigenvalue weighted by atomic mass is 32.1. The van der Waals surface area contributed by atoms with E-state index in [1.165, 1.54) is 21.8 Å². The van der Waals surface area contributed by atoms with Gasteiger partial charge in [0.05, 0.1) is 11.1 Å². The van der Waals surface area contributed by atoms with Crippen LogP contribution in [0.4, 0.5) is 0 Å². The zero-order valence-corrected chi connectivity index (χ0v) is 11.0. The van der Waals surface area contributed by atoms with Crippen LogP contribution in [-0.2, 0) is 13.6 Å². The number of nitrogens with one attached hydrogen (secondary N) is 1. The summed E-state index contributed by atoms with van der Waals surface area (Å²) in [6.07, 6.45) is 3.65. The predicted octanol–water partition coefficient (Wildman–Crippen LogP) is 2.03. The molecule has 0 spiro atoms. The fourth-order valence-corrected chi connectivity index (χ4v) is 2.47. The standard InChI is InChI=1S/C12H15N3OS/c1-8-4-11(17-9(8)2)12(16)13-5-10-6-14-15(3)7-10/h4,6-7H,5H2,1-3H3,(H,13,16). The molecule has 17 heavy (non-hydrogen) atoms. The molecule has 0 bridgehead atoms. The molecule has 0 saturated heterocycles. The number of nitrogens with zero attached hydrogens (tertiary/aromatic N) is 2. The number of thiophene rings is 1. The number of carbonyl (C=O) groups excluding carboxylic acids is 1. The minimum atomic E-state index is -0.0185. The molecule has 5 heteroatoms. The molecule has 0 fully saturated rings. The number of rotatable bonds is 3. The van der Waals surface area contributed by atoms with Crippen LogP contribution in [0.3, 0.4) is 0 Å². The lowest BCUT2D eigenvalue weighted by atomic mass is 10.3. The van der Waals surface area contributed by atoms with Crippen LogP contribution in [0.1, 0.15) is 25.7 Å². The number of hydrogen-bond acceptors (Lipinski definition) is 3. The Morgan fingerprint density at radius 2 is 2.29 bits per heavy atom. The van der Waals surface area contributed by atoms with Crippen LogP contribution in [-0.4, -0.2) is 15.7 Å². The Bertz CT molecular complexity index is 522. The maximum absolute atomic E-state index is 11.9. The number of aryl methyl sites for hydroxylation is 3. The van der Waals surface area contributed by atoms with Gasteiger partial charge in [0, 0.05) is 30.2 Å². The van der Waals surface area contributed by atoms with E-state index in [2.05, 4.69) is 10.4 Å². The Morgan fingerprint density at radius 1 is 1.53 bits per heavy atom. The summed E-state index contributed by atoms with van der Waals surface area (Å²) in [5.41, 5.74) is 2.17. The highest BCUT2D eigenvalue weighted by Crippen LogP contribution is 2.20. The van der Waals surface area contributed by atoms with Crippen LogP contribution in [0.15, 0.2) is 18.5 Å². The van der Waals surface area contributed by atoms with Crippen molar-refractivity contribution in [2.24, 2.45) is 7.05 Å². The second-order valence-corrected chi connectivity index (χ2v) is 5.31. The topological polar surface area (TPSA) is 46.9 Å². The van der Waals surface area contributed by atoms with Crippen molar-refractivity contribution in [1.82, 2.24) is 15.1 Å². The summed E-state index contributed by atoms with van der Waals surface area (Å²) in [7, 11) is 1.86. The average molecular weight is 249 g/mol. The van der Waals surface area contributed by atoms with Gasteiger partial charge in [-0.15, -0.1) is 11.3 Å². The van der Waals surface area contributed by atoms with E-state index in [0.29, 0.717) is 6.54 Å². The molecular formula is C12H15N3OS. The van der Waals surface area contributed by atoms with Gasteiger partial charge in [-0.2, -0.15) is 5.10 Å². The normalized spacial score (nSPS) is 10.5. The molecule has 0 aliphatic heterocycles. The van der Waals surface area contributed by atoms with Gasteiger partial charge >= 0.3 is 0 Å². The first-order chi connectivity index (χ1) is 8.06. The molecule has 0 radical (unpaired) electrons. The van der Waals surface area contributed by atoms with E-state index >= 15 is 0 Å². The molecule has 0 aromatic carbocycles. The lowest BCUT2D eigenvalue weighted by molar-refractivity contribution is 0.0955. The first kappa shape index (κ1) is 11.9. The molecule has 0 aliphatic rings. The van der Waals surface area contributed by atoms with Crippen molar-refractivity contribution in [1.29, 1.82) is 0 Å². The van der Waals surface area contributed by atoms with Gasteiger partial charge in [0.25, 0.3) is 5.91 Å². The summed E-state index contributed by atoms with van der Waals surface area (Å²) < 4.78 is 1.72. The molecule has 90 valence electrons. The highest BCUT2D eigenvalue weighted by molar-refractivity contribution is 7.14. The van der Waals surface area contributed by atoms with Crippen LogP contribution in [0.25, 0.3) is 0 Å². The summed E-state index contributed by atoms with van der Waals surface area (Å²) >= 11 is 1.53. The molecule has 0 saturated carbocycles. The average Bonchev–Trinajstić information content (AvgIpc) is 2.83. The Labute approximate surface area is 104 Å². The largest absolute Gasteiger partial charge is 0.347 e. The van der Waals surface area contributed by atoms with Gasteiger partial charge in [-0.05, 0) is 25.5 Å². The molecule has 2 heterocycles. The summed E-state index contributed by atoms with van der Waals surface area (Å²) in [6.45, 7) is 4.56. The molecule has 2 aromatic heterocycles. The Hall–Kier alpha value is -1.62. The van der Waals surface area contributed by atoms with Crippen molar-refractivity contribution < 1.29 is 4.79 Å². The molecule has 2 aromatic rings. The van der Waals surface area contributed by atoms with Gasteiger partial charge < -0.3 is 5.32 Å². The van der Waals surface area contributed by atoms with Crippen LogP contribution < -0.4 is 5.32 Å². The van der Waals surface area contributed by atoms with Crippen molar-refractivity contribution in [2.75, 3.05) is 0 Å². The van der Waals surface area contributed by atoms with Gasteiger partial charge in [-0.3, -0.25) is 9.48 Å². The van der Waals surface area contributed by atoms with Gasteiger partial charge in [0.1, 0.15) is 0 Å². The van der Waals surface area contributed by atoms with E-state index in [9.17, 15) is 4.79 Å². The van der Waals surface area contributed by atoms with Gasteiger partial charge in [0.2, 0.25) is 0 Å². The second kappa shape index (κ2) is 4.71.